The highest BCUT2D eigenvalue weighted by Gasteiger charge is 2.13. The van der Waals surface area contributed by atoms with Crippen LogP contribution in [0.3, 0.4) is 0 Å². The number of benzene rings is 1. The zero-order valence-electron chi connectivity index (χ0n) is 11.4. The molecule has 0 fully saturated rings. The van der Waals surface area contributed by atoms with Gasteiger partial charge in [-0.3, -0.25) is 4.68 Å². The Morgan fingerprint density at radius 2 is 1.95 bits per heavy atom. The van der Waals surface area contributed by atoms with Gasteiger partial charge in [0.15, 0.2) is 5.82 Å². The minimum atomic E-state index is -3.49. The fourth-order valence-electron chi connectivity index (χ4n) is 1.68. The van der Waals surface area contributed by atoms with E-state index in [-0.39, 0.29) is 11.4 Å². The number of rotatable bonds is 6. The Bertz CT molecular complexity index is 663. The van der Waals surface area contributed by atoms with Crippen molar-refractivity contribution in [1.29, 1.82) is 0 Å². The first-order valence-electron chi connectivity index (χ1n) is 6.13. The molecule has 0 aliphatic carbocycles. The molecule has 2 aromatic rings. The molecule has 1 aromatic heterocycles. The van der Waals surface area contributed by atoms with E-state index in [0.29, 0.717) is 12.2 Å². The van der Waals surface area contributed by atoms with E-state index in [2.05, 4.69) is 20.1 Å². The first kappa shape index (κ1) is 14.5. The normalized spacial score (nSPS) is 11.5. The zero-order valence-corrected chi connectivity index (χ0v) is 12.2. The van der Waals surface area contributed by atoms with Gasteiger partial charge in [-0.15, -0.1) is 0 Å². The third-order valence-corrected chi connectivity index (χ3v) is 4.22. The highest BCUT2D eigenvalue weighted by molar-refractivity contribution is 7.89. The fraction of sp³-hybridized carbons (Fsp3) is 0.333. The molecule has 1 heterocycles. The van der Waals surface area contributed by atoms with Gasteiger partial charge in [-0.1, -0.05) is 0 Å². The second-order valence-electron chi connectivity index (χ2n) is 4.26. The molecule has 0 amide bonds. The number of nitrogens with one attached hydrogen (secondary N) is 2. The molecule has 7 nitrogen and oxygen atoms in total. The van der Waals surface area contributed by atoms with Crippen molar-refractivity contribution in [2.45, 2.75) is 11.3 Å². The van der Waals surface area contributed by atoms with Crippen molar-refractivity contribution in [3.05, 3.63) is 36.4 Å². The molecule has 1 aromatic carbocycles. The Balaban J connectivity index is 1.96. The summed E-state index contributed by atoms with van der Waals surface area (Å²) >= 11 is 0. The van der Waals surface area contributed by atoms with Crippen molar-refractivity contribution in [3.8, 4) is 0 Å². The van der Waals surface area contributed by atoms with Crippen LogP contribution in [0.2, 0.25) is 0 Å². The van der Waals surface area contributed by atoms with Crippen molar-refractivity contribution < 1.29 is 8.42 Å². The molecule has 0 radical (unpaired) electrons. The van der Waals surface area contributed by atoms with E-state index in [1.165, 1.54) is 0 Å². The van der Waals surface area contributed by atoms with E-state index in [0.717, 1.165) is 5.69 Å². The van der Waals surface area contributed by atoms with E-state index in [9.17, 15) is 8.42 Å². The maximum atomic E-state index is 12.0. The molecule has 2 N–H and O–H groups in total. The minimum absolute atomic E-state index is 0.241. The summed E-state index contributed by atoms with van der Waals surface area (Å²) in [4.78, 5) is 4.28. The van der Waals surface area contributed by atoms with Gasteiger partial charge < -0.3 is 5.32 Å². The second-order valence-corrected chi connectivity index (χ2v) is 6.02. The Kier molecular flexibility index (Phi) is 4.35. The summed E-state index contributed by atoms with van der Waals surface area (Å²) < 4.78 is 28.2. The van der Waals surface area contributed by atoms with E-state index in [1.807, 2.05) is 0 Å². The highest BCUT2D eigenvalue weighted by atomic mass is 32.2. The van der Waals surface area contributed by atoms with Crippen molar-refractivity contribution >= 4 is 15.7 Å². The minimum Gasteiger partial charge on any atom is -0.388 e. The molecule has 0 saturated heterocycles. The Labute approximate surface area is 118 Å². The van der Waals surface area contributed by atoms with Crippen molar-refractivity contribution in [3.63, 3.8) is 0 Å². The van der Waals surface area contributed by atoms with Crippen molar-refractivity contribution in [1.82, 2.24) is 19.5 Å². The maximum absolute atomic E-state index is 12.0. The van der Waals surface area contributed by atoms with E-state index in [1.54, 1.807) is 49.4 Å². The number of anilines is 1. The van der Waals surface area contributed by atoms with Gasteiger partial charge in [-0.2, -0.15) is 5.10 Å². The van der Waals surface area contributed by atoms with Crippen molar-refractivity contribution in [2.24, 2.45) is 7.05 Å². The van der Waals surface area contributed by atoms with Crippen LogP contribution in [0, 0.1) is 0 Å². The van der Waals surface area contributed by atoms with Crippen LogP contribution in [0.1, 0.15) is 5.82 Å². The molecule has 2 rings (SSSR count). The zero-order chi connectivity index (χ0) is 14.6. The van der Waals surface area contributed by atoms with E-state index in [4.69, 9.17) is 0 Å². The molecule has 0 spiro atoms. The fourth-order valence-corrected chi connectivity index (χ4v) is 2.71. The molecular formula is C12H17N5O2S. The van der Waals surface area contributed by atoms with Gasteiger partial charge in [-0.25, -0.2) is 18.1 Å². The summed E-state index contributed by atoms with van der Waals surface area (Å²) in [5.41, 5.74) is 0.863. The monoisotopic (exact) mass is 295 g/mol. The maximum Gasteiger partial charge on any atom is 0.240 e. The predicted molar refractivity (Wildman–Crippen MR) is 75.9 cm³/mol. The highest BCUT2D eigenvalue weighted by Crippen LogP contribution is 2.13. The number of hydrogen-bond acceptors (Lipinski definition) is 5. The summed E-state index contributed by atoms with van der Waals surface area (Å²) in [5.74, 6) is 0.612. The number of nitrogens with zero attached hydrogens (tertiary/aromatic N) is 3. The number of aromatic nitrogens is 3. The summed E-state index contributed by atoms with van der Waals surface area (Å²) in [6, 6.07) is 6.56. The van der Waals surface area contributed by atoms with Gasteiger partial charge in [0.25, 0.3) is 0 Å². The topological polar surface area (TPSA) is 88.9 Å². The van der Waals surface area contributed by atoms with Crippen LogP contribution >= 0.6 is 0 Å². The standard InChI is InChI=1S/C12H17N5O2S/c1-13-10-3-5-11(6-4-10)20(18,19)15-8-7-12-14-9-17(2)16-12/h3-6,9,13,15H,7-8H2,1-2H3. The van der Waals surface area contributed by atoms with Crippen LogP contribution in [-0.2, 0) is 23.5 Å². The summed E-state index contributed by atoms with van der Waals surface area (Å²) in [7, 11) is 0.0585. The molecule has 0 bridgehead atoms. The van der Waals surface area contributed by atoms with Crippen LogP contribution in [0.5, 0.6) is 0 Å². The molecule has 0 aliphatic heterocycles. The third kappa shape index (κ3) is 3.55. The summed E-state index contributed by atoms with van der Waals surface area (Å²) in [6.07, 6.45) is 2.04. The molecule has 8 heteroatoms. The van der Waals surface area contributed by atoms with E-state index >= 15 is 0 Å². The predicted octanol–water partition coefficient (Wildman–Crippen LogP) is 0.378. The Morgan fingerprint density at radius 3 is 2.50 bits per heavy atom. The first-order chi connectivity index (χ1) is 9.51. The van der Waals surface area contributed by atoms with Gasteiger partial charge >= 0.3 is 0 Å². The lowest BCUT2D eigenvalue weighted by atomic mass is 10.3. The van der Waals surface area contributed by atoms with Gasteiger partial charge in [0.1, 0.15) is 6.33 Å². The SMILES string of the molecule is CNc1ccc(S(=O)(=O)NCCc2ncn(C)n2)cc1. The van der Waals surface area contributed by atoms with Gasteiger partial charge in [0, 0.05) is 32.7 Å². The average Bonchev–Trinajstić information content (AvgIpc) is 2.84. The van der Waals surface area contributed by atoms with Crippen molar-refractivity contribution in [2.75, 3.05) is 18.9 Å². The van der Waals surface area contributed by atoms with Crippen LogP contribution in [0.15, 0.2) is 35.5 Å². The van der Waals surface area contributed by atoms with Crippen LogP contribution in [-0.4, -0.2) is 36.8 Å². The Hall–Kier alpha value is -1.93. The summed E-state index contributed by atoms with van der Waals surface area (Å²) in [5, 5.41) is 7.03. The molecule has 108 valence electrons. The van der Waals surface area contributed by atoms with Gasteiger partial charge in [-0.05, 0) is 24.3 Å². The molecule has 0 saturated carbocycles. The lowest BCUT2D eigenvalue weighted by Crippen LogP contribution is -2.26. The van der Waals surface area contributed by atoms with Gasteiger partial charge in [0.2, 0.25) is 10.0 Å². The van der Waals surface area contributed by atoms with E-state index < -0.39 is 10.0 Å². The largest absolute Gasteiger partial charge is 0.388 e. The quantitative estimate of drug-likeness (QED) is 0.804. The van der Waals surface area contributed by atoms with Gasteiger partial charge in [0.05, 0.1) is 4.90 Å². The molecule has 20 heavy (non-hydrogen) atoms. The first-order valence-corrected chi connectivity index (χ1v) is 7.61. The smallest absolute Gasteiger partial charge is 0.240 e. The lowest BCUT2D eigenvalue weighted by Gasteiger charge is -2.06. The van der Waals surface area contributed by atoms with Crippen LogP contribution in [0.25, 0.3) is 0 Å². The molecule has 0 atom stereocenters. The van der Waals surface area contributed by atoms with Crippen LogP contribution in [0.4, 0.5) is 5.69 Å². The number of sulfonamides is 1. The van der Waals surface area contributed by atoms with Crippen LogP contribution < -0.4 is 10.0 Å². The number of aryl methyl sites for hydroxylation is 1. The molecule has 0 aliphatic rings. The molecule has 0 unspecified atom stereocenters. The number of hydrogen-bond donors (Lipinski definition) is 2. The average molecular weight is 295 g/mol. The Morgan fingerprint density at radius 1 is 1.25 bits per heavy atom. The second kappa shape index (κ2) is 6.02. The molecular weight excluding hydrogens is 278 g/mol. The third-order valence-electron chi connectivity index (χ3n) is 2.74. The summed E-state index contributed by atoms with van der Waals surface area (Å²) in [6.45, 7) is 0.264. The lowest BCUT2D eigenvalue weighted by molar-refractivity contribution is 0.580.